The maximum atomic E-state index is 12.0. The van der Waals surface area contributed by atoms with Gasteiger partial charge >= 0.3 is 0 Å². The predicted molar refractivity (Wildman–Crippen MR) is 56.8 cm³/mol. The van der Waals surface area contributed by atoms with Gasteiger partial charge in [0.05, 0.1) is 9.60 Å². The van der Waals surface area contributed by atoms with E-state index in [2.05, 4.69) is 0 Å². The van der Waals surface area contributed by atoms with Gasteiger partial charge in [-0.2, -0.15) is 0 Å². The van der Waals surface area contributed by atoms with E-state index < -0.39 is 35.8 Å². The summed E-state index contributed by atoms with van der Waals surface area (Å²) in [5.41, 5.74) is -0.977. The van der Waals surface area contributed by atoms with E-state index in [4.69, 9.17) is 9.60 Å². The van der Waals surface area contributed by atoms with Crippen molar-refractivity contribution in [2.75, 3.05) is 0 Å². The molecule has 0 atom stereocenters. The van der Waals surface area contributed by atoms with Crippen molar-refractivity contribution in [2.24, 2.45) is 0 Å². The summed E-state index contributed by atoms with van der Waals surface area (Å²) in [4.78, 5) is 12.0. The van der Waals surface area contributed by atoms with Gasteiger partial charge in [-0.3, -0.25) is 9.36 Å². The van der Waals surface area contributed by atoms with Gasteiger partial charge in [-0.05, 0) is 24.6 Å². The Hall–Kier alpha value is -1.83. The van der Waals surface area contributed by atoms with E-state index in [1.807, 2.05) is 0 Å². The predicted octanol–water partition coefficient (Wildman–Crippen LogP) is 2.15. The molecule has 0 N–H and O–H groups in total. The smallest absolute Gasteiger partial charge is 0.255 e. The van der Waals surface area contributed by atoms with Crippen LogP contribution in [0.4, 0.5) is 0 Å². The molecule has 2 aromatic rings. The molecule has 0 saturated heterocycles. The van der Waals surface area contributed by atoms with Crippen LogP contribution in [0.15, 0.2) is 53.3 Å². The summed E-state index contributed by atoms with van der Waals surface area (Å²) in [7, 11) is 0. The summed E-state index contributed by atoms with van der Waals surface area (Å²) >= 11 is 0. The van der Waals surface area contributed by atoms with Crippen molar-refractivity contribution in [3.63, 3.8) is 0 Å². The third-order valence-electron chi connectivity index (χ3n) is 1.62. The summed E-state index contributed by atoms with van der Waals surface area (Å²) in [6, 6.07) is -2.03. The number of aromatic nitrogens is 1. The van der Waals surface area contributed by atoms with E-state index in [0.29, 0.717) is 0 Å². The Balaban J connectivity index is 3.00. The Morgan fingerprint density at radius 3 is 2.64 bits per heavy atom. The van der Waals surface area contributed by atoms with Gasteiger partial charge in [0, 0.05) is 17.9 Å². The molecule has 0 spiro atoms. The van der Waals surface area contributed by atoms with Crippen molar-refractivity contribution in [3.8, 4) is 5.69 Å². The van der Waals surface area contributed by atoms with E-state index >= 15 is 0 Å². The Morgan fingerprint density at radius 2 is 1.93 bits per heavy atom. The maximum Gasteiger partial charge on any atom is 0.255 e. The minimum absolute atomic E-state index is 0.131. The zero-order valence-corrected chi connectivity index (χ0v) is 7.43. The number of benzene rings is 1. The highest BCUT2D eigenvalue weighted by Gasteiger charge is 1.97. The first-order valence-corrected chi connectivity index (χ1v) is 3.95. The van der Waals surface area contributed by atoms with Gasteiger partial charge < -0.3 is 0 Å². The molecule has 1 heterocycles. The number of hydrogen-bond acceptors (Lipinski definition) is 1. The van der Waals surface area contributed by atoms with Crippen molar-refractivity contribution >= 4 is 0 Å². The fourth-order valence-electron chi connectivity index (χ4n) is 1.01. The maximum absolute atomic E-state index is 12.0. The van der Waals surface area contributed by atoms with Crippen LogP contribution in [0.25, 0.3) is 5.69 Å². The van der Waals surface area contributed by atoms with Crippen LogP contribution < -0.4 is 5.56 Å². The molecule has 0 aliphatic rings. The van der Waals surface area contributed by atoms with E-state index in [1.165, 1.54) is 6.92 Å². The molecular formula is C12H11NO. The SMILES string of the molecule is [2H]c1cc(=O)n(-c2c([2H])c([2H])c([2H])c([2H])c2[2H])c([2H])c1C. The van der Waals surface area contributed by atoms with Crippen LogP contribution in [0.3, 0.4) is 0 Å². The molecule has 1 aromatic carbocycles. The summed E-state index contributed by atoms with van der Waals surface area (Å²) in [5.74, 6) is 0. The number of pyridine rings is 1. The number of hydrogen-bond donors (Lipinski definition) is 0. The van der Waals surface area contributed by atoms with E-state index in [9.17, 15) is 4.79 Å². The van der Waals surface area contributed by atoms with Crippen molar-refractivity contribution in [1.29, 1.82) is 0 Å². The number of rotatable bonds is 1. The Morgan fingerprint density at radius 1 is 1.21 bits per heavy atom. The summed E-state index contributed by atoms with van der Waals surface area (Å²) in [6.45, 7) is 1.45. The molecule has 0 fully saturated rings. The van der Waals surface area contributed by atoms with Crippen molar-refractivity contribution in [1.82, 2.24) is 4.57 Å². The molecule has 0 saturated carbocycles. The molecule has 0 unspecified atom stereocenters. The van der Waals surface area contributed by atoms with Gasteiger partial charge in [-0.1, -0.05) is 24.2 Å². The molecule has 70 valence electrons. The van der Waals surface area contributed by atoms with Gasteiger partial charge in [0.1, 0.15) is 0 Å². The lowest BCUT2D eigenvalue weighted by atomic mass is 10.3. The fourth-order valence-corrected chi connectivity index (χ4v) is 1.01. The first kappa shape index (κ1) is 3.73. The van der Waals surface area contributed by atoms with Crippen LogP contribution in [0.1, 0.15) is 15.2 Å². The molecule has 0 amide bonds. The first-order valence-electron chi connectivity index (χ1n) is 7.45. The summed E-state index contributed by atoms with van der Waals surface area (Å²) in [6.07, 6.45) is -0.369. The van der Waals surface area contributed by atoms with Crippen LogP contribution in [0.5, 0.6) is 0 Å². The largest absolute Gasteiger partial charge is 0.284 e. The van der Waals surface area contributed by atoms with Crippen LogP contribution in [-0.4, -0.2) is 4.57 Å². The minimum Gasteiger partial charge on any atom is -0.284 e. The van der Waals surface area contributed by atoms with Crippen molar-refractivity contribution < 1.29 is 9.60 Å². The highest BCUT2D eigenvalue weighted by atomic mass is 16.1. The molecular weight excluding hydrogens is 174 g/mol. The van der Waals surface area contributed by atoms with Gasteiger partial charge in [0.2, 0.25) is 0 Å². The van der Waals surface area contributed by atoms with E-state index in [-0.39, 0.29) is 23.5 Å². The molecule has 0 bridgehead atoms. The Kier molecular flexibility index (Phi) is 0.933. The standard InChI is InChI=1S/C12H11NO/c1-10-7-8-12(14)13(9-10)11-5-3-2-4-6-11/h2-9H,1H3/i2D,3D,4D,5D,6D,7D,9D. The van der Waals surface area contributed by atoms with Crippen molar-refractivity contribution in [3.05, 3.63) is 64.4 Å². The second-order valence-electron chi connectivity index (χ2n) is 2.67. The third-order valence-corrected chi connectivity index (χ3v) is 1.62. The highest BCUT2D eigenvalue weighted by Crippen LogP contribution is 2.04. The lowest BCUT2D eigenvalue weighted by molar-refractivity contribution is 0.976. The quantitative estimate of drug-likeness (QED) is 0.678. The fraction of sp³-hybridized carbons (Fsp3) is 0.0833. The topological polar surface area (TPSA) is 22.0 Å². The monoisotopic (exact) mass is 192 g/mol. The molecule has 0 aliphatic heterocycles. The van der Waals surface area contributed by atoms with Gasteiger partial charge in [0.25, 0.3) is 5.56 Å². The molecule has 2 rings (SSSR count). The van der Waals surface area contributed by atoms with Gasteiger partial charge in [0.15, 0.2) is 0 Å². The lowest BCUT2D eigenvalue weighted by Crippen LogP contribution is -2.16. The zero-order valence-electron chi connectivity index (χ0n) is 14.4. The third kappa shape index (κ3) is 1.59. The number of para-hydroxylation sites is 1. The van der Waals surface area contributed by atoms with Crippen LogP contribution in [0, 0.1) is 6.92 Å². The minimum atomic E-state index is -0.783. The van der Waals surface area contributed by atoms with Crippen LogP contribution >= 0.6 is 0 Å². The second kappa shape index (κ2) is 3.50. The average molecular weight is 192 g/mol. The molecule has 1 aromatic heterocycles. The summed E-state index contributed by atoms with van der Waals surface area (Å²) < 4.78 is 54.6. The van der Waals surface area contributed by atoms with E-state index in [0.717, 1.165) is 10.6 Å². The molecule has 2 nitrogen and oxygen atoms in total. The Bertz CT molecular complexity index is 783. The molecule has 0 aliphatic carbocycles. The zero-order chi connectivity index (χ0) is 16.1. The van der Waals surface area contributed by atoms with Gasteiger partial charge in [-0.15, -0.1) is 0 Å². The average Bonchev–Trinajstić information content (AvgIpc) is 2.44. The Labute approximate surface area is 92.3 Å². The van der Waals surface area contributed by atoms with Crippen LogP contribution in [-0.2, 0) is 0 Å². The number of nitrogens with zero attached hydrogens (tertiary/aromatic N) is 1. The second-order valence-corrected chi connectivity index (χ2v) is 2.67. The van der Waals surface area contributed by atoms with Crippen LogP contribution in [0.2, 0.25) is 0 Å². The molecule has 14 heavy (non-hydrogen) atoms. The normalized spacial score (nSPS) is 17.1. The van der Waals surface area contributed by atoms with Gasteiger partial charge in [-0.25, -0.2) is 0 Å². The summed E-state index contributed by atoms with van der Waals surface area (Å²) in [5, 5.41) is 0. The first-order chi connectivity index (χ1) is 9.68. The lowest BCUT2D eigenvalue weighted by Gasteiger charge is -2.05. The molecule has 0 radical (unpaired) electrons. The highest BCUT2D eigenvalue weighted by molar-refractivity contribution is 5.32. The van der Waals surface area contributed by atoms with E-state index in [1.54, 1.807) is 0 Å². The van der Waals surface area contributed by atoms with Crippen molar-refractivity contribution in [2.45, 2.75) is 6.92 Å². The molecule has 2 heteroatoms.